The van der Waals surface area contributed by atoms with E-state index in [1.807, 2.05) is 0 Å². The van der Waals surface area contributed by atoms with Crippen LogP contribution in [0.3, 0.4) is 0 Å². The molecule has 546 valence electrons. The first-order chi connectivity index (χ1) is 44.3. The average molecular weight is 1350 g/mol. The minimum atomic E-state index is -4.96. The van der Waals surface area contributed by atoms with E-state index in [2.05, 4.69) is 48.5 Å². The second-order valence-electron chi connectivity index (χ2n) is 27.3. The molecule has 7 atom stereocenters. The highest BCUT2D eigenvalue weighted by Crippen LogP contribution is 2.45. The zero-order valence-corrected chi connectivity index (χ0v) is 61.8. The van der Waals surface area contributed by atoms with Gasteiger partial charge in [0.1, 0.15) is 19.3 Å². The molecule has 92 heavy (non-hydrogen) atoms. The fourth-order valence-electron chi connectivity index (χ4n) is 11.0. The zero-order valence-electron chi connectivity index (χ0n) is 60.0. The van der Waals surface area contributed by atoms with Crippen molar-refractivity contribution in [2.45, 2.75) is 388 Å². The van der Waals surface area contributed by atoms with E-state index >= 15 is 0 Å². The summed E-state index contributed by atoms with van der Waals surface area (Å²) >= 11 is 0. The quantitative estimate of drug-likeness (QED) is 0.0222. The summed E-state index contributed by atoms with van der Waals surface area (Å²) in [5.74, 6) is 0.111. The molecule has 17 nitrogen and oxygen atoms in total. The van der Waals surface area contributed by atoms with E-state index in [9.17, 15) is 43.2 Å². The molecule has 0 aliphatic carbocycles. The smallest absolute Gasteiger partial charge is 0.462 e. The van der Waals surface area contributed by atoms with E-state index < -0.39 is 97.5 Å². The number of aliphatic hydroxyl groups excluding tert-OH is 1. The van der Waals surface area contributed by atoms with Gasteiger partial charge in [0.05, 0.1) is 26.4 Å². The Morgan fingerprint density at radius 2 is 0.554 bits per heavy atom. The maximum atomic E-state index is 13.1. The molecule has 0 aliphatic rings. The summed E-state index contributed by atoms with van der Waals surface area (Å²) in [6.07, 6.45) is 48.7. The third-order valence-corrected chi connectivity index (χ3v) is 19.5. The summed E-state index contributed by atoms with van der Waals surface area (Å²) in [4.78, 5) is 72.6. The Labute approximate surface area is 562 Å². The molecular formula is C73H142O17P2. The molecule has 0 saturated carbocycles. The van der Waals surface area contributed by atoms with Crippen LogP contribution in [0.5, 0.6) is 0 Å². The van der Waals surface area contributed by atoms with Gasteiger partial charge in [-0.3, -0.25) is 37.3 Å². The van der Waals surface area contributed by atoms with E-state index in [4.69, 9.17) is 37.0 Å². The Balaban J connectivity index is 5.24. The number of carbonyl (C=O) groups is 4. The van der Waals surface area contributed by atoms with Crippen LogP contribution in [-0.4, -0.2) is 96.7 Å². The Bertz CT molecular complexity index is 1810. The number of rotatable bonds is 71. The topological polar surface area (TPSA) is 237 Å². The first-order valence-electron chi connectivity index (χ1n) is 37.9. The van der Waals surface area contributed by atoms with E-state index in [0.717, 1.165) is 108 Å². The van der Waals surface area contributed by atoms with Crippen LogP contribution in [0.15, 0.2) is 0 Å². The van der Waals surface area contributed by atoms with Crippen molar-refractivity contribution in [3.8, 4) is 0 Å². The van der Waals surface area contributed by atoms with Crippen molar-refractivity contribution < 1.29 is 80.2 Å². The van der Waals surface area contributed by atoms with Gasteiger partial charge in [0, 0.05) is 25.7 Å². The van der Waals surface area contributed by atoms with Crippen molar-refractivity contribution in [1.82, 2.24) is 0 Å². The fraction of sp³-hybridized carbons (Fsp3) is 0.945. The molecule has 0 saturated heterocycles. The van der Waals surface area contributed by atoms with Crippen LogP contribution in [0.1, 0.15) is 370 Å². The second kappa shape index (κ2) is 63.8. The SMILES string of the molecule is CCCCCCCCCCCCCCCCCCCCC(=O)O[C@H](COC(=O)CCCCCCCCCCCCC(C)CC)COP(=O)(O)OC[C@@H](O)COP(=O)(O)OC[C@@H](COC(=O)CCCCCCCCC(C)CC)OC(=O)CCCCCCCCCC(C)C. The molecule has 4 unspecified atom stereocenters. The highest BCUT2D eigenvalue weighted by Gasteiger charge is 2.30. The molecule has 0 aromatic heterocycles. The van der Waals surface area contributed by atoms with Gasteiger partial charge in [0.15, 0.2) is 12.2 Å². The van der Waals surface area contributed by atoms with Crippen LogP contribution in [0, 0.1) is 17.8 Å². The van der Waals surface area contributed by atoms with Crippen molar-refractivity contribution in [2.24, 2.45) is 17.8 Å². The summed E-state index contributed by atoms with van der Waals surface area (Å²) < 4.78 is 68.4. The monoisotopic (exact) mass is 1350 g/mol. The second-order valence-corrected chi connectivity index (χ2v) is 30.2. The number of phosphoric acid groups is 2. The highest BCUT2D eigenvalue weighted by molar-refractivity contribution is 7.47. The predicted molar refractivity (Wildman–Crippen MR) is 372 cm³/mol. The molecule has 19 heteroatoms. The molecule has 0 aromatic rings. The van der Waals surface area contributed by atoms with E-state index in [1.165, 1.54) is 173 Å². The van der Waals surface area contributed by atoms with Crippen molar-refractivity contribution in [3.05, 3.63) is 0 Å². The number of unbranched alkanes of at least 4 members (excludes halogenated alkanes) is 37. The molecule has 0 amide bonds. The molecule has 0 aromatic carbocycles. The van der Waals surface area contributed by atoms with E-state index in [1.54, 1.807) is 0 Å². The fourth-order valence-corrected chi connectivity index (χ4v) is 12.6. The predicted octanol–water partition coefficient (Wildman–Crippen LogP) is 21.0. The van der Waals surface area contributed by atoms with Gasteiger partial charge in [-0.25, -0.2) is 9.13 Å². The molecular weight excluding hydrogens is 1210 g/mol. The Morgan fingerprint density at radius 1 is 0.315 bits per heavy atom. The number of hydrogen-bond acceptors (Lipinski definition) is 15. The minimum Gasteiger partial charge on any atom is -0.462 e. The lowest BCUT2D eigenvalue weighted by Gasteiger charge is -2.21. The normalized spacial score (nSPS) is 14.7. The van der Waals surface area contributed by atoms with E-state index in [0.29, 0.717) is 31.6 Å². The maximum absolute atomic E-state index is 13.1. The molecule has 0 heterocycles. The number of ether oxygens (including phenoxy) is 4. The van der Waals surface area contributed by atoms with Crippen LogP contribution in [0.4, 0.5) is 0 Å². The standard InChI is InChI=1S/C73H142O17P2/c1-8-11-12-13-14-15-16-17-18-19-20-21-22-23-28-33-42-49-56-72(77)89-68(60-83-70(75)54-47-40-32-27-25-24-26-31-38-45-52-65(6)9-2)62-87-91(79,80)85-58-67(74)59-86-92(81,82)88-63-69(90-73(78)57-50-43-34-29-30-37-44-51-64(4)5)61-84-71(76)55-48-41-36-35-39-46-53-66(7)10-3/h64-69,74H,8-63H2,1-7H3,(H,79,80)(H,81,82)/t65?,66?,67-,68-,69-/m1/s1. The van der Waals surface area contributed by atoms with Crippen molar-refractivity contribution >= 4 is 39.5 Å². The van der Waals surface area contributed by atoms with Gasteiger partial charge in [-0.2, -0.15) is 0 Å². The third-order valence-electron chi connectivity index (χ3n) is 17.6. The van der Waals surface area contributed by atoms with Crippen LogP contribution in [0.2, 0.25) is 0 Å². The van der Waals surface area contributed by atoms with Gasteiger partial charge in [-0.1, -0.05) is 318 Å². The largest absolute Gasteiger partial charge is 0.472 e. The molecule has 0 bridgehead atoms. The van der Waals surface area contributed by atoms with Crippen LogP contribution < -0.4 is 0 Å². The van der Waals surface area contributed by atoms with Crippen LogP contribution >= 0.6 is 15.6 Å². The summed E-state index contributed by atoms with van der Waals surface area (Å²) in [6, 6.07) is 0. The summed E-state index contributed by atoms with van der Waals surface area (Å²) in [5, 5.41) is 10.6. The Morgan fingerprint density at radius 3 is 0.826 bits per heavy atom. The lowest BCUT2D eigenvalue weighted by molar-refractivity contribution is -0.161. The van der Waals surface area contributed by atoms with Crippen molar-refractivity contribution in [2.75, 3.05) is 39.6 Å². The molecule has 0 spiro atoms. The number of esters is 4. The highest BCUT2D eigenvalue weighted by atomic mass is 31.2. The third kappa shape index (κ3) is 64.1. The number of aliphatic hydroxyl groups is 1. The van der Waals surface area contributed by atoms with Gasteiger partial charge >= 0.3 is 39.5 Å². The molecule has 3 N–H and O–H groups in total. The molecule has 0 radical (unpaired) electrons. The zero-order chi connectivity index (χ0) is 68.0. The number of hydrogen-bond donors (Lipinski definition) is 3. The summed E-state index contributed by atoms with van der Waals surface area (Å²) in [5.41, 5.74) is 0. The first kappa shape index (κ1) is 90.1. The van der Waals surface area contributed by atoms with E-state index in [-0.39, 0.29) is 25.7 Å². The lowest BCUT2D eigenvalue weighted by atomic mass is 9.99. The summed E-state index contributed by atoms with van der Waals surface area (Å²) in [7, 11) is -9.91. The van der Waals surface area contributed by atoms with Crippen LogP contribution in [-0.2, 0) is 65.4 Å². The minimum absolute atomic E-state index is 0.102. The summed E-state index contributed by atoms with van der Waals surface area (Å²) in [6.45, 7) is 11.8. The Hall–Kier alpha value is -1.94. The van der Waals surface area contributed by atoms with Gasteiger partial charge in [0.25, 0.3) is 0 Å². The number of carbonyl (C=O) groups excluding carboxylic acids is 4. The first-order valence-corrected chi connectivity index (χ1v) is 40.9. The van der Waals surface area contributed by atoms with Gasteiger partial charge in [-0.15, -0.1) is 0 Å². The van der Waals surface area contributed by atoms with Gasteiger partial charge in [0.2, 0.25) is 0 Å². The Kier molecular flexibility index (Phi) is 62.4. The van der Waals surface area contributed by atoms with Crippen molar-refractivity contribution in [3.63, 3.8) is 0 Å². The molecule has 0 rings (SSSR count). The van der Waals surface area contributed by atoms with Gasteiger partial charge < -0.3 is 33.8 Å². The maximum Gasteiger partial charge on any atom is 0.472 e. The number of phosphoric ester groups is 2. The van der Waals surface area contributed by atoms with Gasteiger partial charge in [-0.05, 0) is 43.4 Å². The molecule has 0 fully saturated rings. The van der Waals surface area contributed by atoms with Crippen LogP contribution in [0.25, 0.3) is 0 Å². The lowest BCUT2D eigenvalue weighted by Crippen LogP contribution is -2.30. The average Bonchev–Trinajstić information content (AvgIpc) is 2.13. The van der Waals surface area contributed by atoms with Crippen molar-refractivity contribution in [1.29, 1.82) is 0 Å². The molecule has 0 aliphatic heterocycles.